The van der Waals surface area contributed by atoms with Crippen molar-refractivity contribution in [3.63, 3.8) is 0 Å². The van der Waals surface area contributed by atoms with Gasteiger partial charge in [0.15, 0.2) is 0 Å². The molecule has 0 fully saturated rings. The van der Waals surface area contributed by atoms with Crippen LogP contribution in [0.1, 0.15) is 40.3 Å². The van der Waals surface area contributed by atoms with Crippen molar-refractivity contribution in [2.24, 2.45) is 0 Å². The van der Waals surface area contributed by atoms with E-state index in [9.17, 15) is 0 Å². The molecule has 1 aliphatic rings. The largest absolute Gasteiger partial charge is 0.0683 e. The van der Waals surface area contributed by atoms with E-state index in [0.29, 0.717) is 0 Å². The number of fused-ring (bicyclic) bond motifs is 1. The zero-order chi connectivity index (χ0) is 14.4. The van der Waals surface area contributed by atoms with E-state index in [-0.39, 0.29) is 0 Å². The molecule has 0 radical (unpaired) electrons. The number of rotatable bonds is 1. The van der Waals surface area contributed by atoms with E-state index in [1.165, 1.54) is 50.1 Å². The van der Waals surface area contributed by atoms with Crippen LogP contribution >= 0.6 is 0 Å². The molecule has 0 unspecified atom stereocenters. The fraction of sp³-hybridized carbons (Fsp3) is 0.300. The van der Waals surface area contributed by atoms with Crippen molar-refractivity contribution < 1.29 is 0 Å². The molecule has 2 aromatic rings. The second-order valence-corrected chi connectivity index (χ2v) is 6.27. The smallest absolute Gasteiger partial charge is 0.00543 e. The molecule has 102 valence electrons. The quantitative estimate of drug-likeness (QED) is 0.632. The molecule has 1 aliphatic carbocycles. The third-order valence-electron chi connectivity index (χ3n) is 4.34. The summed E-state index contributed by atoms with van der Waals surface area (Å²) < 4.78 is 0. The van der Waals surface area contributed by atoms with Crippen LogP contribution in [0.5, 0.6) is 0 Å². The first kappa shape index (κ1) is 13.2. The predicted octanol–water partition coefficient (Wildman–Crippen LogP) is 5.55. The molecule has 0 heterocycles. The average molecular weight is 262 g/mol. The molecule has 2 aromatic carbocycles. The van der Waals surface area contributed by atoms with Gasteiger partial charge in [-0.15, -0.1) is 0 Å². The third kappa shape index (κ3) is 2.00. The van der Waals surface area contributed by atoms with E-state index in [4.69, 9.17) is 0 Å². The zero-order valence-electron chi connectivity index (χ0n) is 13.1. The fourth-order valence-electron chi connectivity index (χ4n) is 3.62. The van der Waals surface area contributed by atoms with Gasteiger partial charge in [0.05, 0.1) is 0 Å². The molecule has 0 heteroatoms. The Labute approximate surface area is 122 Å². The fourth-order valence-corrected chi connectivity index (χ4v) is 3.62. The van der Waals surface area contributed by atoms with Crippen LogP contribution in [0.15, 0.2) is 29.8 Å². The van der Waals surface area contributed by atoms with Crippen molar-refractivity contribution in [2.75, 3.05) is 0 Å². The van der Waals surface area contributed by atoms with Gasteiger partial charge in [0.25, 0.3) is 0 Å². The third-order valence-corrected chi connectivity index (χ3v) is 4.34. The minimum atomic E-state index is 1.10. The second kappa shape index (κ2) is 4.63. The summed E-state index contributed by atoms with van der Waals surface area (Å²) in [4.78, 5) is 0. The van der Waals surface area contributed by atoms with Gasteiger partial charge in [-0.1, -0.05) is 41.5 Å². The Morgan fingerprint density at radius 3 is 2.05 bits per heavy atom. The van der Waals surface area contributed by atoms with Gasteiger partial charge < -0.3 is 0 Å². The summed E-state index contributed by atoms with van der Waals surface area (Å²) in [5, 5.41) is 0. The summed E-state index contributed by atoms with van der Waals surface area (Å²) in [5.74, 6) is 0. The molecule has 0 aliphatic heterocycles. The van der Waals surface area contributed by atoms with Crippen molar-refractivity contribution in [2.45, 2.75) is 41.0 Å². The predicted molar refractivity (Wildman–Crippen MR) is 88.2 cm³/mol. The number of allylic oxidation sites excluding steroid dienone is 1. The lowest BCUT2D eigenvalue weighted by molar-refractivity contribution is 1.18. The standard InChI is InChI=1S/C20H22/c1-12-8-15(4)19(16(5)9-12)20-14(3)6-7-17-10-13(2)11-18(17)20/h6-10H,11H2,1-5H3. The first-order chi connectivity index (χ1) is 9.47. The summed E-state index contributed by atoms with van der Waals surface area (Å²) in [6.07, 6.45) is 3.43. The maximum Gasteiger partial charge on any atom is -0.00543 e. The number of hydrogen-bond acceptors (Lipinski definition) is 0. The molecule has 0 N–H and O–H groups in total. The summed E-state index contributed by atoms with van der Waals surface area (Å²) in [6.45, 7) is 11.1. The Hall–Kier alpha value is -1.82. The van der Waals surface area contributed by atoms with Gasteiger partial charge in [-0.05, 0) is 80.0 Å². The van der Waals surface area contributed by atoms with Crippen LogP contribution < -0.4 is 0 Å². The minimum Gasteiger partial charge on any atom is -0.0683 e. The highest BCUT2D eigenvalue weighted by atomic mass is 14.2. The maximum absolute atomic E-state index is 2.33. The Balaban J connectivity index is 2.31. The Bertz CT molecular complexity index is 707. The minimum absolute atomic E-state index is 1.10. The van der Waals surface area contributed by atoms with E-state index in [0.717, 1.165) is 6.42 Å². The maximum atomic E-state index is 2.33. The monoisotopic (exact) mass is 262 g/mol. The molecular formula is C20H22. The van der Waals surface area contributed by atoms with Crippen molar-refractivity contribution in [1.29, 1.82) is 0 Å². The molecule has 0 saturated carbocycles. The van der Waals surface area contributed by atoms with E-state index in [2.05, 4.69) is 65.0 Å². The van der Waals surface area contributed by atoms with Crippen LogP contribution in [0.25, 0.3) is 17.2 Å². The molecule has 0 spiro atoms. The molecular weight excluding hydrogens is 240 g/mol. The van der Waals surface area contributed by atoms with Crippen LogP contribution in [-0.2, 0) is 6.42 Å². The van der Waals surface area contributed by atoms with Gasteiger partial charge in [-0.25, -0.2) is 0 Å². The molecule has 3 rings (SSSR count). The van der Waals surface area contributed by atoms with E-state index >= 15 is 0 Å². The van der Waals surface area contributed by atoms with Crippen LogP contribution in [-0.4, -0.2) is 0 Å². The molecule has 0 nitrogen and oxygen atoms in total. The topological polar surface area (TPSA) is 0 Å². The molecule has 0 aromatic heterocycles. The molecule has 0 amide bonds. The van der Waals surface area contributed by atoms with E-state index in [1.54, 1.807) is 0 Å². The van der Waals surface area contributed by atoms with Gasteiger partial charge in [0.2, 0.25) is 0 Å². The summed E-state index contributed by atoms with van der Waals surface area (Å²) in [6, 6.07) is 9.14. The van der Waals surface area contributed by atoms with Gasteiger partial charge in [0, 0.05) is 0 Å². The van der Waals surface area contributed by atoms with E-state index in [1.807, 2.05) is 0 Å². The lowest BCUT2D eigenvalue weighted by Crippen LogP contribution is -1.98. The Morgan fingerprint density at radius 2 is 1.40 bits per heavy atom. The second-order valence-electron chi connectivity index (χ2n) is 6.27. The molecule has 20 heavy (non-hydrogen) atoms. The van der Waals surface area contributed by atoms with E-state index < -0.39 is 0 Å². The lowest BCUT2D eigenvalue weighted by atomic mass is 9.86. The van der Waals surface area contributed by atoms with Gasteiger partial charge in [-0.2, -0.15) is 0 Å². The van der Waals surface area contributed by atoms with Crippen LogP contribution in [0.2, 0.25) is 0 Å². The van der Waals surface area contributed by atoms with Crippen molar-refractivity contribution in [3.05, 3.63) is 63.2 Å². The average Bonchev–Trinajstić information content (AvgIpc) is 2.71. The number of aryl methyl sites for hydroxylation is 4. The molecule has 0 saturated heterocycles. The SMILES string of the molecule is CC1=Cc2ccc(C)c(-c3c(C)cc(C)cc3C)c2C1. The molecule has 0 atom stereocenters. The first-order valence-corrected chi connectivity index (χ1v) is 7.35. The highest BCUT2D eigenvalue weighted by Gasteiger charge is 2.19. The highest BCUT2D eigenvalue weighted by molar-refractivity contribution is 5.82. The van der Waals surface area contributed by atoms with Gasteiger partial charge >= 0.3 is 0 Å². The van der Waals surface area contributed by atoms with Crippen molar-refractivity contribution >= 4 is 6.08 Å². The zero-order valence-corrected chi connectivity index (χ0v) is 13.1. The first-order valence-electron chi connectivity index (χ1n) is 7.35. The summed E-state index contributed by atoms with van der Waals surface area (Å²) in [5.41, 5.74) is 12.8. The van der Waals surface area contributed by atoms with Crippen molar-refractivity contribution in [1.82, 2.24) is 0 Å². The number of hydrogen-bond donors (Lipinski definition) is 0. The summed E-state index contributed by atoms with van der Waals surface area (Å²) in [7, 11) is 0. The Morgan fingerprint density at radius 1 is 0.750 bits per heavy atom. The van der Waals surface area contributed by atoms with Crippen LogP contribution in [0, 0.1) is 27.7 Å². The highest BCUT2D eigenvalue weighted by Crippen LogP contribution is 2.39. The van der Waals surface area contributed by atoms with Gasteiger partial charge in [-0.3, -0.25) is 0 Å². The van der Waals surface area contributed by atoms with Crippen LogP contribution in [0.3, 0.4) is 0 Å². The number of benzene rings is 2. The Kier molecular flexibility index (Phi) is 3.05. The van der Waals surface area contributed by atoms with Crippen LogP contribution in [0.4, 0.5) is 0 Å². The normalized spacial score (nSPS) is 13.3. The molecule has 0 bridgehead atoms. The lowest BCUT2D eigenvalue weighted by Gasteiger charge is -2.18. The van der Waals surface area contributed by atoms with Gasteiger partial charge in [0.1, 0.15) is 0 Å². The summed E-state index contributed by atoms with van der Waals surface area (Å²) >= 11 is 0. The van der Waals surface area contributed by atoms with Crippen molar-refractivity contribution in [3.8, 4) is 11.1 Å².